The fourth-order valence-corrected chi connectivity index (χ4v) is 2.59. The molecule has 1 amide bonds. The lowest BCUT2D eigenvalue weighted by Gasteiger charge is -2.06. The third-order valence-electron chi connectivity index (χ3n) is 3.75. The molecule has 8 heteroatoms. The summed E-state index contributed by atoms with van der Waals surface area (Å²) in [7, 11) is 1.89. The van der Waals surface area contributed by atoms with Crippen molar-refractivity contribution in [2.45, 2.75) is 25.2 Å². The monoisotopic (exact) mass is 369 g/mol. The van der Waals surface area contributed by atoms with Crippen molar-refractivity contribution in [3.63, 3.8) is 0 Å². The maximum Gasteiger partial charge on any atom is 0.290 e. The van der Waals surface area contributed by atoms with E-state index in [1.807, 2.05) is 31.3 Å². The fourth-order valence-electron chi connectivity index (χ4n) is 2.37. The third-order valence-corrected chi connectivity index (χ3v) is 4.07. The van der Waals surface area contributed by atoms with Crippen molar-refractivity contribution >= 4 is 29.9 Å². The molecule has 0 atom stereocenters. The molecular formula is C16H21Cl2N5O. The lowest BCUT2D eigenvalue weighted by Crippen LogP contribution is -2.27. The Morgan fingerprint density at radius 2 is 2.08 bits per heavy atom. The summed E-state index contributed by atoms with van der Waals surface area (Å²) in [6.07, 6.45) is 3.02. The highest BCUT2D eigenvalue weighted by Gasteiger charge is 2.31. The highest BCUT2D eigenvalue weighted by molar-refractivity contribution is 6.32. The third kappa shape index (κ3) is 4.26. The van der Waals surface area contributed by atoms with Gasteiger partial charge in [0.05, 0.1) is 10.7 Å². The van der Waals surface area contributed by atoms with Gasteiger partial charge in [-0.15, -0.1) is 17.5 Å². The highest BCUT2D eigenvalue weighted by Crippen LogP contribution is 2.40. The van der Waals surface area contributed by atoms with Crippen molar-refractivity contribution in [1.29, 1.82) is 0 Å². The van der Waals surface area contributed by atoms with Crippen molar-refractivity contribution in [2.24, 2.45) is 0 Å². The van der Waals surface area contributed by atoms with E-state index in [1.165, 1.54) is 0 Å². The number of hydrogen-bond donors (Lipinski definition) is 2. The molecule has 130 valence electrons. The lowest BCUT2D eigenvalue weighted by atomic mass is 10.3. The summed E-state index contributed by atoms with van der Waals surface area (Å²) >= 11 is 6.27. The quantitative estimate of drug-likeness (QED) is 0.735. The van der Waals surface area contributed by atoms with Crippen LogP contribution in [0.4, 0.5) is 0 Å². The second-order valence-corrected chi connectivity index (χ2v) is 6.05. The van der Waals surface area contributed by atoms with Crippen LogP contribution in [0, 0.1) is 0 Å². The number of hydrogen-bond acceptors (Lipinski definition) is 4. The van der Waals surface area contributed by atoms with Crippen LogP contribution in [0.25, 0.3) is 5.69 Å². The van der Waals surface area contributed by atoms with Crippen molar-refractivity contribution in [2.75, 3.05) is 20.1 Å². The van der Waals surface area contributed by atoms with Gasteiger partial charge in [-0.2, -0.15) is 0 Å². The molecule has 0 saturated heterocycles. The molecule has 1 aromatic heterocycles. The van der Waals surface area contributed by atoms with Gasteiger partial charge in [0, 0.05) is 12.5 Å². The summed E-state index contributed by atoms with van der Waals surface area (Å²) in [6.45, 7) is 1.45. The van der Waals surface area contributed by atoms with Gasteiger partial charge in [0.1, 0.15) is 5.82 Å². The zero-order valence-corrected chi connectivity index (χ0v) is 15.0. The molecule has 0 radical (unpaired) electrons. The van der Waals surface area contributed by atoms with E-state index in [1.54, 1.807) is 4.68 Å². The number of carbonyl (C=O) groups is 1. The number of rotatable bonds is 7. The minimum atomic E-state index is -0.242. The molecule has 0 bridgehead atoms. The predicted octanol–water partition coefficient (Wildman–Crippen LogP) is 2.56. The molecule has 3 rings (SSSR count). The molecule has 0 unspecified atom stereocenters. The molecule has 1 heterocycles. The van der Waals surface area contributed by atoms with Gasteiger partial charge in [-0.1, -0.05) is 23.7 Å². The zero-order chi connectivity index (χ0) is 16.2. The SMILES string of the molecule is CNCCCNC(=O)c1nc(C2CC2)n(-c2ccccc2Cl)n1.Cl. The number of nitrogens with one attached hydrogen (secondary N) is 2. The first-order valence-corrected chi connectivity index (χ1v) is 8.23. The molecule has 1 aromatic carbocycles. The largest absolute Gasteiger partial charge is 0.349 e. The van der Waals surface area contributed by atoms with Crippen LogP contribution in [0.1, 0.15) is 41.6 Å². The minimum absolute atomic E-state index is 0. The maximum absolute atomic E-state index is 12.2. The van der Waals surface area contributed by atoms with Gasteiger partial charge in [-0.3, -0.25) is 4.79 Å². The summed E-state index contributed by atoms with van der Waals surface area (Å²) < 4.78 is 1.71. The van der Waals surface area contributed by atoms with Gasteiger partial charge in [0.15, 0.2) is 0 Å². The molecule has 1 aliphatic carbocycles. The van der Waals surface area contributed by atoms with Crippen LogP contribution in [-0.4, -0.2) is 40.8 Å². The maximum atomic E-state index is 12.2. The molecule has 2 N–H and O–H groups in total. The Labute approximate surface area is 152 Å². The smallest absolute Gasteiger partial charge is 0.290 e. The Kier molecular flexibility index (Phi) is 6.60. The van der Waals surface area contributed by atoms with Crippen LogP contribution >= 0.6 is 24.0 Å². The number of nitrogens with zero attached hydrogens (tertiary/aromatic N) is 3. The normalized spacial score (nSPS) is 13.4. The molecule has 0 aliphatic heterocycles. The van der Waals surface area contributed by atoms with Gasteiger partial charge in [0.2, 0.25) is 5.82 Å². The molecule has 1 aliphatic rings. The molecular weight excluding hydrogens is 349 g/mol. The predicted molar refractivity (Wildman–Crippen MR) is 96.5 cm³/mol. The number of benzene rings is 1. The first kappa shape index (κ1) is 18.7. The Bertz CT molecular complexity index is 700. The van der Waals surface area contributed by atoms with E-state index in [-0.39, 0.29) is 24.1 Å². The van der Waals surface area contributed by atoms with Gasteiger partial charge in [0.25, 0.3) is 5.91 Å². The fraction of sp³-hybridized carbons (Fsp3) is 0.438. The molecule has 0 spiro atoms. The standard InChI is InChI=1S/C16H20ClN5O.ClH/c1-18-9-4-10-19-16(23)14-20-15(11-7-8-11)22(21-14)13-6-3-2-5-12(13)17;/h2-3,5-6,11,18H,4,7-10H2,1H3,(H,19,23);1H. The van der Waals surface area contributed by atoms with E-state index >= 15 is 0 Å². The van der Waals surface area contributed by atoms with Crippen molar-refractivity contribution < 1.29 is 4.79 Å². The van der Waals surface area contributed by atoms with Gasteiger partial charge in [-0.05, 0) is 45.0 Å². The number of carbonyl (C=O) groups excluding carboxylic acids is 1. The van der Waals surface area contributed by atoms with E-state index in [0.717, 1.165) is 37.3 Å². The van der Waals surface area contributed by atoms with Crippen LogP contribution in [0.3, 0.4) is 0 Å². The number of para-hydroxylation sites is 1. The summed E-state index contributed by atoms with van der Waals surface area (Å²) in [4.78, 5) is 16.7. The Hall–Kier alpha value is -1.63. The summed E-state index contributed by atoms with van der Waals surface area (Å²) in [5, 5.41) is 10.9. The summed E-state index contributed by atoms with van der Waals surface area (Å²) in [5.41, 5.74) is 0.762. The van der Waals surface area contributed by atoms with Crippen molar-refractivity contribution in [3.8, 4) is 5.69 Å². The Balaban J connectivity index is 0.00000208. The van der Waals surface area contributed by atoms with E-state index in [0.29, 0.717) is 17.5 Å². The molecule has 6 nitrogen and oxygen atoms in total. The van der Waals surface area contributed by atoms with Crippen LogP contribution in [-0.2, 0) is 0 Å². The summed E-state index contributed by atoms with van der Waals surface area (Å²) in [5.74, 6) is 1.15. The Morgan fingerprint density at radius 1 is 1.33 bits per heavy atom. The first-order valence-electron chi connectivity index (χ1n) is 7.85. The van der Waals surface area contributed by atoms with Gasteiger partial charge < -0.3 is 10.6 Å². The van der Waals surface area contributed by atoms with E-state index in [9.17, 15) is 4.79 Å². The second-order valence-electron chi connectivity index (χ2n) is 5.64. The molecule has 1 saturated carbocycles. The van der Waals surface area contributed by atoms with Gasteiger partial charge in [-0.25, -0.2) is 9.67 Å². The van der Waals surface area contributed by atoms with Crippen LogP contribution in [0.15, 0.2) is 24.3 Å². The van der Waals surface area contributed by atoms with Crippen LogP contribution < -0.4 is 10.6 Å². The highest BCUT2D eigenvalue weighted by atomic mass is 35.5. The average Bonchev–Trinajstić information content (AvgIpc) is 3.31. The second kappa shape index (κ2) is 8.46. The van der Waals surface area contributed by atoms with E-state index < -0.39 is 0 Å². The number of aromatic nitrogens is 3. The van der Waals surface area contributed by atoms with E-state index in [4.69, 9.17) is 11.6 Å². The zero-order valence-electron chi connectivity index (χ0n) is 13.5. The average molecular weight is 370 g/mol. The molecule has 24 heavy (non-hydrogen) atoms. The first-order chi connectivity index (χ1) is 11.2. The lowest BCUT2D eigenvalue weighted by molar-refractivity contribution is 0.0943. The molecule has 2 aromatic rings. The summed E-state index contributed by atoms with van der Waals surface area (Å²) in [6, 6.07) is 7.47. The minimum Gasteiger partial charge on any atom is -0.349 e. The van der Waals surface area contributed by atoms with Crippen molar-refractivity contribution in [1.82, 2.24) is 25.4 Å². The van der Waals surface area contributed by atoms with Crippen molar-refractivity contribution in [3.05, 3.63) is 40.9 Å². The van der Waals surface area contributed by atoms with Crippen LogP contribution in [0.2, 0.25) is 5.02 Å². The molecule has 1 fully saturated rings. The Morgan fingerprint density at radius 3 is 2.75 bits per heavy atom. The van der Waals surface area contributed by atoms with E-state index in [2.05, 4.69) is 20.7 Å². The van der Waals surface area contributed by atoms with Gasteiger partial charge >= 0.3 is 0 Å². The topological polar surface area (TPSA) is 71.8 Å². The van der Waals surface area contributed by atoms with Crippen LogP contribution in [0.5, 0.6) is 0 Å². The number of amides is 1. The number of halogens is 2.